The van der Waals surface area contributed by atoms with Crippen LogP contribution < -0.4 is 20.0 Å². The molecule has 1 aliphatic heterocycles. The summed E-state index contributed by atoms with van der Waals surface area (Å²) in [4.78, 5) is 14.1. The summed E-state index contributed by atoms with van der Waals surface area (Å²) in [6.07, 6.45) is 0. The maximum Gasteiger partial charge on any atom is 0.379 e. The molecule has 0 N–H and O–H groups in total. The van der Waals surface area contributed by atoms with E-state index in [1.165, 1.54) is 0 Å². The minimum atomic E-state index is -0.423. The van der Waals surface area contributed by atoms with Crippen LogP contribution in [0.3, 0.4) is 0 Å². The van der Waals surface area contributed by atoms with Gasteiger partial charge in [-0.25, -0.2) is 4.79 Å². The Morgan fingerprint density at radius 2 is 1.87 bits per heavy atom. The molecule has 0 amide bonds. The number of methoxy groups -OCH3 is 1. The van der Waals surface area contributed by atoms with E-state index in [9.17, 15) is 4.79 Å². The molecule has 0 aliphatic carbocycles. The summed E-state index contributed by atoms with van der Waals surface area (Å²) in [5, 5.41) is 0.903. The lowest BCUT2D eigenvalue weighted by molar-refractivity contribution is 0.275. The highest BCUT2D eigenvalue weighted by molar-refractivity contribution is 5.82. The molecule has 0 fully saturated rings. The van der Waals surface area contributed by atoms with Gasteiger partial charge in [0.05, 0.1) is 13.7 Å². The third kappa shape index (κ3) is 2.30. The zero-order valence-corrected chi connectivity index (χ0v) is 12.6. The first-order chi connectivity index (χ1) is 11.3. The Morgan fingerprint density at radius 3 is 2.65 bits per heavy atom. The summed E-state index contributed by atoms with van der Waals surface area (Å²) in [7, 11) is 1.64. The van der Waals surface area contributed by atoms with Gasteiger partial charge in [0.15, 0.2) is 6.73 Å². The first-order valence-corrected chi connectivity index (χ1v) is 7.33. The highest BCUT2D eigenvalue weighted by atomic mass is 16.5. The van der Waals surface area contributed by atoms with Crippen molar-refractivity contribution in [2.24, 2.45) is 0 Å². The Hall–Kier alpha value is -2.95. The van der Waals surface area contributed by atoms with Crippen molar-refractivity contribution in [1.82, 2.24) is 0 Å². The summed E-state index contributed by atoms with van der Waals surface area (Å²) >= 11 is 0. The van der Waals surface area contributed by atoms with Crippen LogP contribution in [-0.2, 0) is 6.54 Å². The van der Waals surface area contributed by atoms with Crippen LogP contribution in [0.1, 0.15) is 5.56 Å². The standard InChI is InChI=1S/C18H15NO4/c1-21-13-8-6-12(7-9-13)19-10-15-14-4-2-3-5-16(14)23-18(20)17(15)22-11-19/h2-9H,10-11H2,1H3. The minimum absolute atomic E-state index is 0.308. The van der Waals surface area contributed by atoms with Crippen molar-refractivity contribution in [3.63, 3.8) is 0 Å². The molecule has 2 heterocycles. The normalized spacial score (nSPS) is 13.5. The van der Waals surface area contributed by atoms with E-state index in [2.05, 4.69) is 4.90 Å². The topological polar surface area (TPSA) is 51.9 Å². The lowest BCUT2D eigenvalue weighted by Gasteiger charge is -2.30. The summed E-state index contributed by atoms with van der Waals surface area (Å²) in [5.74, 6) is 1.12. The molecule has 116 valence electrons. The maximum atomic E-state index is 12.1. The van der Waals surface area contributed by atoms with Crippen LogP contribution >= 0.6 is 0 Å². The Balaban J connectivity index is 1.77. The quantitative estimate of drug-likeness (QED) is 0.681. The lowest BCUT2D eigenvalue weighted by atomic mass is 10.1. The van der Waals surface area contributed by atoms with Gasteiger partial charge in [-0.1, -0.05) is 18.2 Å². The van der Waals surface area contributed by atoms with Gasteiger partial charge in [-0.2, -0.15) is 0 Å². The Morgan fingerprint density at radius 1 is 1.09 bits per heavy atom. The van der Waals surface area contributed by atoms with E-state index in [-0.39, 0.29) is 0 Å². The van der Waals surface area contributed by atoms with Crippen LogP contribution in [0.5, 0.6) is 11.5 Å². The Labute approximate surface area is 132 Å². The molecule has 0 bridgehead atoms. The monoisotopic (exact) mass is 309 g/mol. The summed E-state index contributed by atoms with van der Waals surface area (Å²) in [6.45, 7) is 0.899. The molecule has 0 spiro atoms. The third-order valence-electron chi connectivity index (χ3n) is 4.03. The first-order valence-electron chi connectivity index (χ1n) is 7.33. The van der Waals surface area contributed by atoms with E-state index in [1.807, 2.05) is 42.5 Å². The van der Waals surface area contributed by atoms with Crippen LogP contribution in [0.4, 0.5) is 5.69 Å². The number of fused-ring (bicyclic) bond motifs is 3. The highest BCUT2D eigenvalue weighted by Crippen LogP contribution is 2.31. The SMILES string of the molecule is COc1ccc(N2COc3c(c4ccccc4oc3=O)C2)cc1. The van der Waals surface area contributed by atoms with Gasteiger partial charge in [0, 0.05) is 16.6 Å². The number of benzene rings is 2. The summed E-state index contributed by atoms with van der Waals surface area (Å²) < 4.78 is 16.2. The van der Waals surface area contributed by atoms with Gasteiger partial charge in [0.2, 0.25) is 5.75 Å². The average Bonchev–Trinajstić information content (AvgIpc) is 2.61. The van der Waals surface area contributed by atoms with Gasteiger partial charge in [-0.15, -0.1) is 0 Å². The van der Waals surface area contributed by atoms with E-state index in [4.69, 9.17) is 13.9 Å². The van der Waals surface area contributed by atoms with Gasteiger partial charge in [0.1, 0.15) is 11.3 Å². The number of anilines is 1. The minimum Gasteiger partial charge on any atom is -0.497 e. The molecule has 23 heavy (non-hydrogen) atoms. The molecule has 0 unspecified atom stereocenters. The van der Waals surface area contributed by atoms with E-state index in [0.29, 0.717) is 24.6 Å². The number of hydrogen-bond donors (Lipinski definition) is 0. The third-order valence-corrected chi connectivity index (χ3v) is 4.03. The summed E-state index contributed by atoms with van der Waals surface area (Å²) in [6, 6.07) is 15.3. The van der Waals surface area contributed by atoms with Gasteiger partial charge < -0.3 is 18.8 Å². The zero-order valence-electron chi connectivity index (χ0n) is 12.6. The largest absolute Gasteiger partial charge is 0.497 e. The first kappa shape index (κ1) is 13.7. The molecule has 0 radical (unpaired) electrons. The van der Waals surface area contributed by atoms with Crippen molar-refractivity contribution in [2.45, 2.75) is 6.54 Å². The van der Waals surface area contributed by atoms with Crippen molar-refractivity contribution in [3.05, 3.63) is 64.5 Å². The van der Waals surface area contributed by atoms with E-state index < -0.39 is 5.63 Å². The molecule has 4 rings (SSSR count). The second kappa shape index (κ2) is 5.35. The van der Waals surface area contributed by atoms with Crippen molar-refractivity contribution < 1.29 is 13.9 Å². The fourth-order valence-electron chi connectivity index (χ4n) is 2.84. The smallest absolute Gasteiger partial charge is 0.379 e. The Bertz CT molecular complexity index is 914. The molecule has 3 aromatic rings. The van der Waals surface area contributed by atoms with Crippen molar-refractivity contribution >= 4 is 16.7 Å². The van der Waals surface area contributed by atoms with E-state index in [1.54, 1.807) is 13.2 Å². The summed E-state index contributed by atoms with van der Waals surface area (Å²) in [5.41, 5.74) is 2.03. The number of nitrogens with zero attached hydrogens (tertiary/aromatic N) is 1. The molecule has 0 saturated heterocycles. The lowest BCUT2D eigenvalue weighted by Crippen LogP contribution is -2.34. The Kier molecular flexibility index (Phi) is 3.19. The van der Waals surface area contributed by atoms with Crippen LogP contribution in [-0.4, -0.2) is 13.8 Å². The molecular weight excluding hydrogens is 294 g/mol. The maximum absolute atomic E-state index is 12.1. The van der Waals surface area contributed by atoms with Crippen molar-refractivity contribution in [3.8, 4) is 11.5 Å². The fourth-order valence-corrected chi connectivity index (χ4v) is 2.84. The van der Waals surface area contributed by atoms with Crippen LogP contribution in [0.25, 0.3) is 11.0 Å². The average molecular weight is 309 g/mol. The molecule has 0 saturated carbocycles. The second-order valence-corrected chi connectivity index (χ2v) is 5.36. The van der Waals surface area contributed by atoms with Crippen LogP contribution in [0.15, 0.2) is 57.7 Å². The number of rotatable bonds is 2. The zero-order chi connectivity index (χ0) is 15.8. The van der Waals surface area contributed by atoms with Gasteiger partial charge in [-0.3, -0.25) is 0 Å². The molecule has 5 heteroatoms. The molecule has 2 aromatic carbocycles. The van der Waals surface area contributed by atoms with E-state index in [0.717, 1.165) is 22.4 Å². The predicted octanol–water partition coefficient (Wildman–Crippen LogP) is 3.16. The predicted molar refractivity (Wildman–Crippen MR) is 87.2 cm³/mol. The van der Waals surface area contributed by atoms with Crippen molar-refractivity contribution in [2.75, 3.05) is 18.7 Å². The molecular formula is C18H15NO4. The highest BCUT2D eigenvalue weighted by Gasteiger charge is 2.24. The van der Waals surface area contributed by atoms with Crippen LogP contribution in [0.2, 0.25) is 0 Å². The molecule has 1 aromatic heterocycles. The van der Waals surface area contributed by atoms with E-state index >= 15 is 0 Å². The van der Waals surface area contributed by atoms with Gasteiger partial charge in [-0.05, 0) is 30.3 Å². The second-order valence-electron chi connectivity index (χ2n) is 5.36. The number of para-hydroxylation sites is 1. The van der Waals surface area contributed by atoms with Gasteiger partial charge >= 0.3 is 5.63 Å². The number of hydrogen-bond acceptors (Lipinski definition) is 5. The molecule has 5 nitrogen and oxygen atoms in total. The van der Waals surface area contributed by atoms with Crippen molar-refractivity contribution in [1.29, 1.82) is 0 Å². The van der Waals surface area contributed by atoms with Crippen LogP contribution in [0, 0.1) is 0 Å². The molecule has 0 atom stereocenters. The van der Waals surface area contributed by atoms with Gasteiger partial charge in [0.25, 0.3) is 0 Å². The number of ether oxygens (including phenoxy) is 2. The molecule has 1 aliphatic rings. The fraction of sp³-hybridized carbons (Fsp3) is 0.167.